The summed E-state index contributed by atoms with van der Waals surface area (Å²) in [6.45, 7) is 18.1. The molecular weight excluding hydrogens is 890 g/mol. The van der Waals surface area contributed by atoms with Crippen LogP contribution in [0.1, 0.15) is 100 Å². The van der Waals surface area contributed by atoms with Crippen molar-refractivity contribution in [1.82, 2.24) is 15.0 Å². The third-order valence-electron chi connectivity index (χ3n) is 11.9. The van der Waals surface area contributed by atoms with Crippen LogP contribution in [-0.2, 0) is 37.3 Å². The molecule has 1 aliphatic rings. The van der Waals surface area contributed by atoms with E-state index in [2.05, 4.69) is 159 Å². The average Bonchev–Trinajstić information content (AvgIpc) is 3.49. The quantitative estimate of drug-likeness (QED) is 0.138. The first-order chi connectivity index (χ1) is 27.2. The van der Waals surface area contributed by atoms with Gasteiger partial charge in [0.15, 0.2) is 0 Å². The molecule has 0 fully saturated rings. The SMILES string of the molecule is CC(C)c1ccc2cc3c(-c4[c-]c(C5(c6cccc(-c7ccccc7O)n6)c6cc(C(C)(C)C)ccc6-c6ccc(C(C)(C)C)cc65)ccc4)ncnc3cc2c1.[Pt]. The molecule has 2 aromatic heterocycles. The molecule has 1 N–H and O–H groups in total. The van der Waals surface area contributed by atoms with E-state index in [0.29, 0.717) is 17.2 Å². The zero-order chi connectivity index (χ0) is 39.9. The number of aromatic hydroxyl groups is 1. The van der Waals surface area contributed by atoms with Gasteiger partial charge < -0.3 is 5.11 Å². The molecule has 0 amide bonds. The molecule has 4 nitrogen and oxygen atoms in total. The second-order valence-corrected chi connectivity index (χ2v) is 18.0. The molecule has 58 heavy (non-hydrogen) atoms. The standard InChI is InChI=1S/C53H48N3O.Pt/c1-32(2)33-19-20-34-27-43-47(28-36(34)25-33)54-31-55-50(43)35-13-11-14-39(26-35)53(49-18-12-16-46(56-49)42-15-9-10-17-48(42)57)44-29-37(51(3,4)5)21-23-40(44)41-24-22-38(30-45(41)53)52(6,7)8;/h9-25,27-32,57H,1-8H3;/q-1;. The van der Waals surface area contributed by atoms with Crippen LogP contribution in [0.15, 0.2) is 134 Å². The monoisotopic (exact) mass is 937 g/mol. The summed E-state index contributed by atoms with van der Waals surface area (Å²) in [6.07, 6.45) is 1.68. The predicted octanol–water partition coefficient (Wildman–Crippen LogP) is 13.1. The summed E-state index contributed by atoms with van der Waals surface area (Å²) in [5.41, 5.74) is 13.4. The smallest absolute Gasteiger partial charge is 0.124 e. The molecular formula is C53H48N3OPt-. The Labute approximate surface area is 356 Å². The number of phenols is 1. The summed E-state index contributed by atoms with van der Waals surface area (Å²) in [4.78, 5) is 15.2. The van der Waals surface area contributed by atoms with Gasteiger partial charge in [0.05, 0.1) is 22.3 Å². The summed E-state index contributed by atoms with van der Waals surface area (Å²) in [7, 11) is 0. The van der Waals surface area contributed by atoms with Crippen LogP contribution >= 0.6 is 0 Å². The van der Waals surface area contributed by atoms with E-state index in [9.17, 15) is 5.11 Å². The van der Waals surface area contributed by atoms with Gasteiger partial charge in [-0.25, -0.2) is 4.98 Å². The van der Waals surface area contributed by atoms with Gasteiger partial charge in [-0.1, -0.05) is 134 Å². The Balaban J connectivity index is 0.00000469. The first-order valence-corrected chi connectivity index (χ1v) is 20.0. The Morgan fingerprint density at radius 3 is 1.95 bits per heavy atom. The molecule has 2 heterocycles. The molecule has 292 valence electrons. The number of phenolic OH excluding ortho intramolecular Hbond substituents is 1. The zero-order valence-electron chi connectivity index (χ0n) is 34.4. The van der Waals surface area contributed by atoms with Gasteiger partial charge in [0, 0.05) is 26.6 Å². The molecule has 0 bridgehead atoms. The molecule has 0 atom stereocenters. The van der Waals surface area contributed by atoms with Crippen molar-refractivity contribution in [2.45, 2.75) is 77.6 Å². The second kappa shape index (κ2) is 14.4. The number of hydrogen-bond donors (Lipinski definition) is 1. The van der Waals surface area contributed by atoms with Crippen molar-refractivity contribution in [3.8, 4) is 39.4 Å². The maximum atomic E-state index is 11.1. The molecule has 0 aliphatic heterocycles. The first kappa shape index (κ1) is 39.4. The van der Waals surface area contributed by atoms with Gasteiger partial charge in [-0.05, 0) is 108 Å². The van der Waals surface area contributed by atoms with E-state index in [-0.39, 0.29) is 37.6 Å². The van der Waals surface area contributed by atoms with Crippen LogP contribution in [0.25, 0.3) is 55.3 Å². The topological polar surface area (TPSA) is 58.9 Å². The molecule has 8 aromatic rings. The van der Waals surface area contributed by atoms with Crippen LogP contribution in [0.2, 0.25) is 0 Å². The molecule has 6 aromatic carbocycles. The number of hydrogen-bond acceptors (Lipinski definition) is 4. The van der Waals surface area contributed by atoms with Gasteiger partial charge in [-0.2, -0.15) is 0 Å². The van der Waals surface area contributed by atoms with E-state index < -0.39 is 5.41 Å². The van der Waals surface area contributed by atoms with Crippen molar-refractivity contribution in [2.75, 3.05) is 0 Å². The number of aromatic nitrogens is 3. The Kier molecular flexibility index (Phi) is 9.80. The summed E-state index contributed by atoms with van der Waals surface area (Å²) in [6, 6.07) is 49.2. The summed E-state index contributed by atoms with van der Waals surface area (Å²) >= 11 is 0. The number of benzene rings is 6. The van der Waals surface area contributed by atoms with E-state index in [0.717, 1.165) is 38.8 Å². The Morgan fingerprint density at radius 1 is 0.621 bits per heavy atom. The van der Waals surface area contributed by atoms with Gasteiger partial charge in [0.25, 0.3) is 0 Å². The van der Waals surface area contributed by atoms with Crippen LogP contribution in [0.5, 0.6) is 5.75 Å². The van der Waals surface area contributed by atoms with E-state index in [1.54, 1.807) is 12.4 Å². The summed E-state index contributed by atoms with van der Waals surface area (Å²) < 4.78 is 0. The number of nitrogens with zero attached hydrogens (tertiary/aromatic N) is 3. The fourth-order valence-corrected chi connectivity index (χ4v) is 8.66. The number of pyridine rings is 1. The number of fused-ring (bicyclic) bond motifs is 5. The molecule has 0 unspecified atom stereocenters. The van der Waals surface area contributed by atoms with Gasteiger partial charge in [-0.15, -0.1) is 35.4 Å². The van der Waals surface area contributed by atoms with Crippen LogP contribution in [-0.4, -0.2) is 20.1 Å². The Hall–Kier alpha value is -5.44. The minimum atomic E-state index is -0.855. The largest absolute Gasteiger partial charge is 0.507 e. The van der Waals surface area contributed by atoms with Gasteiger partial charge in [0.2, 0.25) is 0 Å². The van der Waals surface area contributed by atoms with Gasteiger partial charge >= 0.3 is 0 Å². The van der Waals surface area contributed by atoms with E-state index in [1.165, 1.54) is 44.3 Å². The predicted molar refractivity (Wildman–Crippen MR) is 235 cm³/mol. The van der Waals surface area contributed by atoms with Crippen molar-refractivity contribution in [2.24, 2.45) is 0 Å². The Morgan fingerprint density at radius 2 is 1.29 bits per heavy atom. The molecule has 9 rings (SSSR count). The normalized spacial score (nSPS) is 13.4. The fourth-order valence-electron chi connectivity index (χ4n) is 8.66. The van der Waals surface area contributed by atoms with E-state index in [1.807, 2.05) is 24.3 Å². The minimum absolute atomic E-state index is 0. The van der Waals surface area contributed by atoms with Crippen molar-refractivity contribution in [3.05, 3.63) is 179 Å². The maximum absolute atomic E-state index is 11.1. The van der Waals surface area contributed by atoms with Crippen molar-refractivity contribution in [3.63, 3.8) is 0 Å². The van der Waals surface area contributed by atoms with Crippen LogP contribution in [0, 0.1) is 6.07 Å². The third-order valence-corrected chi connectivity index (χ3v) is 11.9. The second-order valence-electron chi connectivity index (χ2n) is 18.0. The molecule has 0 saturated carbocycles. The maximum Gasteiger partial charge on any atom is 0.124 e. The summed E-state index contributed by atoms with van der Waals surface area (Å²) in [5, 5.41) is 14.4. The van der Waals surface area contributed by atoms with Crippen molar-refractivity contribution in [1.29, 1.82) is 0 Å². The molecule has 0 saturated heterocycles. The fraction of sp³-hybridized carbons (Fsp3) is 0.226. The molecule has 5 heteroatoms. The Bertz CT molecular complexity index is 2820. The van der Waals surface area contributed by atoms with E-state index >= 15 is 0 Å². The van der Waals surface area contributed by atoms with Crippen LogP contribution < -0.4 is 0 Å². The molecule has 1 aliphatic carbocycles. The summed E-state index contributed by atoms with van der Waals surface area (Å²) in [5.74, 6) is 0.639. The third kappa shape index (κ3) is 6.47. The number of rotatable bonds is 5. The van der Waals surface area contributed by atoms with Crippen LogP contribution in [0.3, 0.4) is 0 Å². The van der Waals surface area contributed by atoms with Crippen molar-refractivity contribution < 1.29 is 26.2 Å². The minimum Gasteiger partial charge on any atom is -0.507 e. The van der Waals surface area contributed by atoms with Gasteiger partial charge in [-0.3, -0.25) is 9.97 Å². The first-order valence-electron chi connectivity index (χ1n) is 20.0. The molecule has 0 radical (unpaired) electrons. The average molecular weight is 938 g/mol. The van der Waals surface area contributed by atoms with E-state index in [4.69, 9.17) is 15.0 Å². The molecule has 0 spiro atoms. The van der Waals surface area contributed by atoms with Crippen molar-refractivity contribution >= 4 is 21.7 Å². The van der Waals surface area contributed by atoms with Gasteiger partial charge in [0.1, 0.15) is 12.1 Å². The zero-order valence-corrected chi connectivity index (χ0v) is 36.7. The number of para-hydroxylation sites is 1. The van der Waals surface area contributed by atoms with Crippen LogP contribution in [0.4, 0.5) is 0 Å².